The molecule has 0 atom stereocenters. The highest BCUT2D eigenvalue weighted by atomic mass is 32.2. The van der Waals surface area contributed by atoms with Crippen molar-refractivity contribution in [2.75, 3.05) is 7.11 Å². The molecule has 0 aromatic carbocycles. The number of methoxy groups -OCH3 is 1. The van der Waals surface area contributed by atoms with E-state index in [4.69, 9.17) is 4.42 Å². The molecule has 0 N–H and O–H groups in total. The number of nitrogens with zero attached hydrogens (tertiary/aromatic N) is 4. The van der Waals surface area contributed by atoms with Gasteiger partial charge in [0.05, 0.1) is 12.9 Å². The fraction of sp³-hybridized carbons (Fsp3) is 0.389. The molecule has 28 heavy (non-hydrogen) atoms. The molecule has 0 saturated carbocycles. The van der Waals surface area contributed by atoms with Crippen LogP contribution in [0.15, 0.2) is 31.2 Å². The summed E-state index contributed by atoms with van der Waals surface area (Å²) in [6.45, 7) is 3.87. The molecule has 0 bridgehead atoms. The normalized spacial score (nSPS) is 11.4. The maximum absolute atomic E-state index is 12.7. The number of rotatable bonds is 5. The molecule has 3 aromatic heterocycles. The Labute approximate surface area is 164 Å². The number of aryl methyl sites for hydroxylation is 1. The number of carbonyl (C=O) groups is 1. The minimum absolute atomic E-state index is 0.0115. The zero-order valence-electron chi connectivity index (χ0n) is 16.2. The predicted octanol–water partition coefficient (Wildman–Crippen LogP) is 1.82. The van der Waals surface area contributed by atoms with Crippen molar-refractivity contribution < 1.29 is 13.9 Å². The van der Waals surface area contributed by atoms with Gasteiger partial charge >= 0.3 is 11.7 Å². The van der Waals surface area contributed by atoms with E-state index in [0.717, 1.165) is 4.57 Å². The molecule has 0 saturated heterocycles. The lowest BCUT2D eigenvalue weighted by molar-refractivity contribution is 0.0563. The lowest BCUT2D eigenvalue weighted by Gasteiger charge is -2.12. The quantitative estimate of drug-likeness (QED) is 0.360. The van der Waals surface area contributed by atoms with Crippen LogP contribution in [-0.2, 0) is 24.6 Å². The smallest absolute Gasteiger partial charge is 0.373 e. The standard InChI is InChI=1S/C18H20N4O5S/c1-9(2)13-19-14-12(16(23)22(4)18(25)21(14)3)15(20-13)28-8-10-6-7-11(27-10)17(24)26-5/h6-7,9H,8H2,1-5H3. The number of fused-ring (bicyclic) bond motifs is 1. The highest BCUT2D eigenvalue weighted by Gasteiger charge is 2.19. The Morgan fingerprint density at radius 1 is 1.21 bits per heavy atom. The highest BCUT2D eigenvalue weighted by Crippen LogP contribution is 2.28. The third-order valence-corrected chi connectivity index (χ3v) is 5.20. The summed E-state index contributed by atoms with van der Waals surface area (Å²) in [6.07, 6.45) is 0. The summed E-state index contributed by atoms with van der Waals surface area (Å²) in [5.41, 5.74) is -0.606. The Kier molecular flexibility index (Phi) is 5.41. The Hall–Kier alpha value is -2.88. The Bertz CT molecular complexity index is 1180. The number of carbonyl (C=O) groups excluding carboxylic acids is 1. The molecular formula is C18H20N4O5S. The van der Waals surface area contributed by atoms with Crippen molar-refractivity contribution in [2.45, 2.75) is 30.5 Å². The van der Waals surface area contributed by atoms with E-state index in [0.29, 0.717) is 28.0 Å². The summed E-state index contributed by atoms with van der Waals surface area (Å²) in [6, 6.07) is 3.20. The zero-order valence-corrected chi connectivity index (χ0v) is 17.0. The molecule has 0 aliphatic rings. The van der Waals surface area contributed by atoms with Crippen molar-refractivity contribution in [3.63, 3.8) is 0 Å². The summed E-state index contributed by atoms with van der Waals surface area (Å²) in [5.74, 6) is 0.962. The molecule has 0 unspecified atom stereocenters. The van der Waals surface area contributed by atoms with Gasteiger partial charge in [-0.2, -0.15) is 0 Å². The van der Waals surface area contributed by atoms with E-state index < -0.39 is 17.2 Å². The van der Waals surface area contributed by atoms with Crippen LogP contribution in [-0.4, -0.2) is 32.2 Å². The van der Waals surface area contributed by atoms with Gasteiger partial charge < -0.3 is 9.15 Å². The van der Waals surface area contributed by atoms with Gasteiger partial charge in [-0.1, -0.05) is 25.6 Å². The van der Waals surface area contributed by atoms with Gasteiger partial charge in [-0.15, -0.1) is 0 Å². The summed E-state index contributed by atoms with van der Waals surface area (Å²) in [7, 11) is 4.27. The Morgan fingerprint density at radius 3 is 2.57 bits per heavy atom. The molecule has 0 fully saturated rings. The van der Waals surface area contributed by atoms with Crippen molar-refractivity contribution in [1.29, 1.82) is 0 Å². The zero-order chi connectivity index (χ0) is 20.6. The molecule has 0 radical (unpaired) electrons. The number of esters is 1. The van der Waals surface area contributed by atoms with Gasteiger partial charge in [-0.05, 0) is 12.1 Å². The van der Waals surface area contributed by atoms with E-state index in [1.165, 1.54) is 36.6 Å². The second-order valence-electron chi connectivity index (χ2n) is 6.49. The third-order valence-electron chi connectivity index (χ3n) is 4.20. The summed E-state index contributed by atoms with van der Waals surface area (Å²) < 4.78 is 12.5. The number of ether oxygens (including phenoxy) is 1. The van der Waals surface area contributed by atoms with Crippen LogP contribution in [0.25, 0.3) is 11.0 Å². The van der Waals surface area contributed by atoms with Gasteiger partial charge in [0.2, 0.25) is 5.76 Å². The van der Waals surface area contributed by atoms with Crippen LogP contribution in [0.5, 0.6) is 0 Å². The molecule has 148 valence electrons. The minimum atomic E-state index is -0.560. The topological polar surface area (TPSA) is 109 Å². The molecule has 0 aliphatic heterocycles. The van der Waals surface area contributed by atoms with Gasteiger partial charge in [-0.25, -0.2) is 19.6 Å². The molecule has 0 amide bonds. The molecule has 0 spiro atoms. The number of aromatic nitrogens is 4. The maximum atomic E-state index is 12.7. The van der Waals surface area contributed by atoms with Crippen LogP contribution in [0, 0.1) is 0 Å². The van der Waals surface area contributed by atoms with Crippen LogP contribution < -0.4 is 11.2 Å². The van der Waals surface area contributed by atoms with E-state index in [2.05, 4.69) is 14.7 Å². The van der Waals surface area contributed by atoms with Crippen LogP contribution in [0.2, 0.25) is 0 Å². The van der Waals surface area contributed by atoms with E-state index in [1.54, 1.807) is 13.1 Å². The van der Waals surface area contributed by atoms with E-state index in [-0.39, 0.29) is 17.1 Å². The summed E-state index contributed by atoms with van der Waals surface area (Å²) in [5, 5.41) is 0.736. The van der Waals surface area contributed by atoms with Gasteiger partial charge in [-0.3, -0.25) is 13.9 Å². The minimum Gasteiger partial charge on any atom is -0.463 e. The lowest BCUT2D eigenvalue weighted by atomic mass is 10.2. The average molecular weight is 404 g/mol. The summed E-state index contributed by atoms with van der Waals surface area (Å²) in [4.78, 5) is 45.5. The molecule has 3 heterocycles. The SMILES string of the molecule is COC(=O)c1ccc(CSc2nc(C(C)C)nc3c2c(=O)n(C)c(=O)n3C)o1. The molecule has 10 heteroatoms. The Balaban J connectivity index is 2.09. The van der Waals surface area contributed by atoms with Gasteiger partial charge in [0.15, 0.2) is 5.65 Å². The monoisotopic (exact) mass is 404 g/mol. The van der Waals surface area contributed by atoms with Crippen LogP contribution >= 0.6 is 11.8 Å². The fourth-order valence-corrected chi connectivity index (χ4v) is 3.53. The molecule has 0 aliphatic carbocycles. The highest BCUT2D eigenvalue weighted by molar-refractivity contribution is 7.98. The third kappa shape index (κ3) is 3.47. The number of thioether (sulfide) groups is 1. The van der Waals surface area contributed by atoms with Crippen molar-refractivity contribution in [3.8, 4) is 0 Å². The first-order valence-corrected chi connectivity index (χ1v) is 9.50. The second kappa shape index (κ2) is 7.63. The fourth-order valence-electron chi connectivity index (χ4n) is 2.61. The van der Waals surface area contributed by atoms with Crippen molar-refractivity contribution in [1.82, 2.24) is 19.1 Å². The number of hydrogen-bond acceptors (Lipinski definition) is 8. The largest absolute Gasteiger partial charge is 0.463 e. The van der Waals surface area contributed by atoms with Crippen LogP contribution in [0.1, 0.15) is 41.9 Å². The van der Waals surface area contributed by atoms with Crippen molar-refractivity contribution >= 4 is 28.8 Å². The Morgan fingerprint density at radius 2 is 1.93 bits per heavy atom. The molecule has 3 aromatic rings. The van der Waals surface area contributed by atoms with Gasteiger partial charge in [0.1, 0.15) is 22.0 Å². The van der Waals surface area contributed by atoms with Crippen molar-refractivity contribution in [2.24, 2.45) is 14.1 Å². The molecule has 3 rings (SSSR count). The second-order valence-corrected chi connectivity index (χ2v) is 7.46. The first kappa shape index (κ1) is 19.9. The number of furan rings is 1. The molecule has 9 nitrogen and oxygen atoms in total. The van der Waals surface area contributed by atoms with E-state index in [9.17, 15) is 14.4 Å². The molecular weight excluding hydrogens is 384 g/mol. The van der Waals surface area contributed by atoms with E-state index >= 15 is 0 Å². The summed E-state index contributed by atoms with van der Waals surface area (Å²) >= 11 is 1.28. The first-order chi connectivity index (χ1) is 13.2. The number of hydrogen-bond donors (Lipinski definition) is 0. The van der Waals surface area contributed by atoms with Gasteiger partial charge in [0.25, 0.3) is 5.56 Å². The lowest BCUT2D eigenvalue weighted by Crippen LogP contribution is -2.37. The maximum Gasteiger partial charge on any atom is 0.373 e. The average Bonchev–Trinajstić information content (AvgIpc) is 3.16. The van der Waals surface area contributed by atoms with E-state index in [1.807, 2.05) is 13.8 Å². The van der Waals surface area contributed by atoms with Crippen LogP contribution in [0.4, 0.5) is 0 Å². The predicted molar refractivity (Wildman–Crippen MR) is 104 cm³/mol. The van der Waals surface area contributed by atoms with Gasteiger partial charge in [0, 0.05) is 20.0 Å². The van der Waals surface area contributed by atoms with Crippen molar-refractivity contribution in [3.05, 3.63) is 50.3 Å². The first-order valence-electron chi connectivity index (χ1n) is 8.52. The van der Waals surface area contributed by atoms with Crippen LogP contribution in [0.3, 0.4) is 0 Å².